The van der Waals surface area contributed by atoms with Gasteiger partial charge in [-0.1, -0.05) is 12.1 Å². The Morgan fingerprint density at radius 1 is 1.46 bits per heavy atom. The molecule has 7 nitrogen and oxygen atoms in total. The molecule has 0 bridgehead atoms. The Hall–Kier alpha value is -0.910. The van der Waals surface area contributed by atoms with E-state index < -0.39 is 10.0 Å². The number of nitrogens with two attached hydrogens (primary N) is 1. The van der Waals surface area contributed by atoms with E-state index in [1.807, 2.05) is 18.0 Å². The largest absolute Gasteiger partial charge is 0.383 e. The average Bonchev–Trinajstić information content (AvgIpc) is 3.37. The summed E-state index contributed by atoms with van der Waals surface area (Å²) in [6.45, 7) is 0.915. The van der Waals surface area contributed by atoms with Gasteiger partial charge >= 0.3 is 0 Å². The standard InChI is InChI=1S/C15H24N4O3S.HI/c1-19(13-6-7-13)15(16)17-11-12-4-3-5-14(10-12)23(20,21)18-8-9-22-2;/h3-5,10,13,18H,6-9,11H2,1-2H3,(H2,16,17);1H. The van der Waals surface area contributed by atoms with Gasteiger partial charge in [0.05, 0.1) is 18.0 Å². The molecule has 0 spiro atoms. The molecule has 1 aromatic carbocycles. The molecule has 0 unspecified atom stereocenters. The maximum Gasteiger partial charge on any atom is 0.240 e. The number of benzene rings is 1. The first-order valence-corrected chi connectivity index (χ1v) is 9.02. The number of guanidine groups is 1. The van der Waals surface area contributed by atoms with E-state index >= 15 is 0 Å². The molecule has 0 aromatic heterocycles. The molecule has 0 aliphatic heterocycles. The van der Waals surface area contributed by atoms with Crippen LogP contribution in [-0.4, -0.2) is 52.6 Å². The highest BCUT2D eigenvalue weighted by atomic mass is 127. The van der Waals surface area contributed by atoms with Gasteiger partial charge in [-0.25, -0.2) is 18.1 Å². The molecule has 0 saturated heterocycles. The van der Waals surface area contributed by atoms with Gasteiger partial charge in [0.25, 0.3) is 0 Å². The lowest BCUT2D eigenvalue weighted by Gasteiger charge is -2.16. The molecule has 1 aliphatic rings. The fraction of sp³-hybridized carbons (Fsp3) is 0.533. The molecule has 0 amide bonds. The minimum absolute atomic E-state index is 0. The quantitative estimate of drug-likeness (QED) is 0.258. The van der Waals surface area contributed by atoms with E-state index in [0.29, 0.717) is 25.2 Å². The highest BCUT2D eigenvalue weighted by Crippen LogP contribution is 2.25. The van der Waals surface area contributed by atoms with Gasteiger partial charge in [0.2, 0.25) is 10.0 Å². The van der Waals surface area contributed by atoms with E-state index in [4.69, 9.17) is 10.5 Å². The molecule has 3 N–H and O–H groups in total. The van der Waals surface area contributed by atoms with Crippen LogP contribution in [-0.2, 0) is 21.3 Å². The molecule has 24 heavy (non-hydrogen) atoms. The zero-order chi connectivity index (χ0) is 16.9. The minimum Gasteiger partial charge on any atom is -0.383 e. The summed E-state index contributed by atoms with van der Waals surface area (Å²) in [6, 6.07) is 7.21. The molecule has 1 aliphatic carbocycles. The first-order valence-electron chi connectivity index (χ1n) is 7.54. The van der Waals surface area contributed by atoms with Gasteiger partial charge in [-0.05, 0) is 30.5 Å². The van der Waals surface area contributed by atoms with Crippen molar-refractivity contribution in [2.24, 2.45) is 10.7 Å². The highest BCUT2D eigenvalue weighted by Gasteiger charge is 2.27. The lowest BCUT2D eigenvalue weighted by atomic mass is 10.2. The van der Waals surface area contributed by atoms with Gasteiger partial charge < -0.3 is 15.4 Å². The summed E-state index contributed by atoms with van der Waals surface area (Å²) in [5.41, 5.74) is 6.74. The Bertz CT molecular complexity index is 662. The van der Waals surface area contributed by atoms with E-state index in [0.717, 1.165) is 18.4 Å². The summed E-state index contributed by atoms with van der Waals surface area (Å²) in [4.78, 5) is 6.52. The van der Waals surface area contributed by atoms with E-state index in [9.17, 15) is 8.42 Å². The number of hydrogen-bond donors (Lipinski definition) is 2. The third-order valence-corrected chi connectivity index (χ3v) is 5.15. The minimum atomic E-state index is -3.53. The van der Waals surface area contributed by atoms with Crippen molar-refractivity contribution in [2.75, 3.05) is 27.3 Å². The summed E-state index contributed by atoms with van der Waals surface area (Å²) in [5, 5.41) is 0. The van der Waals surface area contributed by atoms with Crippen LogP contribution in [0.1, 0.15) is 18.4 Å². The molecule has 0 radical (unpaired) electrons. The number of aliphatic imine (C=N–C) groups is 1. The molecule has 1 aromatic rings. The lowest BCUT2D eigenvalue weighted by Crippen LogP contribution is -2.35. The molecule has 9 heteroatoms. The Labute approximate surface area is 160 Å². The van der Waals surface area contributed by atoms with Gasteiger partial charge in [-0.3, -0.25) is 0 Å². The Morgan fingerprint density at radius 3 is 2.79 bits per heavy atom. The van der Waals surface area contributed by atoms with Crippen molar-refractivity contribution < 1.29 is 13.2 Å². The predicted molar refractivity (Wildman–Crippen MR) is 105 cm³/mol. The molecule has 1 saturated carbocycles. The van der Waals surface area contributed by atoms with Gasteiger partial charge in [0.1, 0.15) is 0 Å². The van der Waals surface area contributed by atoms with Crippen LogP contribution in [0.25, 0.3) is 0 Å². The fourth-order valence-corrected chi connectivity index (χ4v) is 3.19. The van der Waals surface area contributed by atoms with E-state index in [-0.39, 0.29) is 35.4 Å². The van der Waals surface area contributed by atoms with Crippen molar-refractivity contribution in [3.8, 4) is 0 Å². The van der Waals surface area contributed by atoms with Crippen molar-refractivity contribution in [1.82, 2.24) is 9.62 Å². The van der Waals surface area contributed by atoms with Crippen molar-refractivity contribution in [2.45, 2.75) is 30.3 Å². The second-order valence-electron chi connectivity index (χ2n) is 5.55. The SMILES string of the molecule is COCCNS(=O)(=O)c1cccc(CN=C(N)N(C)C2CC2)c1.I. The summed E-state index contributed by atoms with van der Waals surface area (Å²) in [5.74, 6) is 0.485. The van der Waals surface area contributed by atoms with Crippen LogP contribution < -0.4 is 10.5 Å². The second kappa shape index (κ2) is 9.54. The third-order valence-electron chi connectivity index (χ3n) is 3.69. The summed E-state index contributed by atoms with van der Waals surface area (Å²) >= 11 is 0. The monoisotopic (exact) mass is 468 g/mol. The molecule has 0 heterocycles. The first kappa shape index (κ1) is 21.1. The zero-order valence-corrected chi connectivity index (χ0v) is 17.1. The van der Waals surface area contributed by atoms with E-state index in [2.05, 4.69) is 9.71 Å². The smallest absolute Gasteiger partial charge is 0.240 e. The highest BCUT2D eigenvalue weighted by molar-refractivity contribution is 14.0. The maximum atomic E-state index is 12.2. The van der Waals surface area contributed by atoms with Crippen LogP contribution in [0.3, 0.4) is 0 Å². The number of methoxy groups -OCH3 is 1. The lowest BCUT2D eigenvalue weighted by molar-refractivity contribution is 0.204. The van der Waals surface area contributed by atoms with E-state index in [1.165, 1.54) is 7.11 Å². The Morgan fingerprint density at radius 2 is 2.17 bits per heavy atom. The Kier molecular flexibility index (Phi) is 8.40. The van der Waals surface area contributed by atoms with Crippen LogP contribution in [0.15, 0.2) is 34.2 Å². The Balaban J connectivity index is 0.00000288. The van der Waals surface area contributed by atoms with Gasteiger partial charge in [0, 0.05) is 26.7 Å². The van der Waals surface area contributed by atoms with Crippen molar-refractivity contribution in [3.05, 3.63) is 29.8 Å². The molecule has 2 rings (SSSR count). The fourth-order valence-electron chi connectivity index (χ4n) is 2.11. The molecule has 1 fully saturated rings. The molecule has 136 valence electrons. The van der Waals surface area contributed by atoms with Crippen molar-refractivity contribution in [3.63, 3.8) is 0 Å². The van der Waals surface area contributed by atoms with Gasteiger partial charge in [0.15, 0.2) is 5.96 Å². The van der Waals surface area contributed by atoms with Crippen LogP contribution in [0, 0.1) is 0 Å². The number of halogens is 1. The van der Waals surface area contributed by atoms with Gasteiger partial charge in [-0.2, -0.15) is 0 Å². The van der Waals surface area contributed by atoms with Gasteiger partial charge in [-0.15, -0.1) is 24.0 Å². The molecular formula is C15H25IN4O3S. The molecular weight excluding hydrogens is 443 g/mol. The third kappa shape index (κ3) is 6.19. The second-order valence-corrected chi connectivity index (χ2v) is 7.32. The number of sulfonamides is 1. The van der Waals surface area contributed by atoms with E-state index in [1.54, 1.807) is 18.2 Å². The van der Waals surface area contributed by atoms with Crippen molar-refractivity contribution in [1.29, 1.82) is 0 Å². The number of ether oxygens (including phenoxy) is 1. The van der Waals surface area contributed by atoms with Crippen LogP contribution in [0.2, 0.25) is 0 Å². The topological polar surface area (TPSA) is 97.0 Å². The first-order chi connectivity index (χ1) is 10.9. The van der Waals surface area contributed by atoms with Crippen LogP contribution in [0.4, 0.5) is 0 Å². The summed E-state index contributed by atoms with van der Waals surface area (Å²) in [6.07, 6.45) is 2.29. The predicted octanol–water partition coefficient (Wildman–Crippen LogP) is 1.14. The zero-order valence-electron chi connectivity index (χ0n) is 13.9. The average molecular weight is 468 g/mol. The summed E-state index contributed by atoms with van der Waals surface area (Å²) in [7, 11) is -0.0820. The summed E-state index contributed by atoms with van der Waals surface area (Å²) < 4.78 is 31.7. The number of nitrogens with one attached hydrogen (secondary N) is 1. The number of hydrogen-bond acceptors (Lipinski definition) is 4. The number of rotatable bonds is 8. The molecule has 0 atom stereocenters. The van der Waals surface area contributed by atoms with Crippen molar-refractivity contribution >= 4 is 40.0 Å². The normalized spacial score (nSPS) is 15.0. The van der Waals surface area contributed by atoms with Crippen LogP contribution >= 0.6 is 24.0 Å². The maximum absolute atomic E-state index is 12.2. The van der Waals surface area contributed by atoms with Crippen LogP contribution in [0.5, 0.6) is 0 Å². The number of nitrogens with zero attached hydrogens (tertiary/aromatic N) is 2.